The molecule has 2 aliphatic carbocycles. The largest absolute Gasteiger partial charge is 0.497 e. The average molecular weight is 246 g/mol. The summed E-state index contributed by atoms with van der Waals surface area (Å²) in [6.07, 6.45) is 11.7. The fraction of sp³-hybridized carbons (Fsp3) is 0.765. The van der Waals surface area contributed by atoms with Crippen LogP contribution in [0.3, 0.4) is 0 Å². The molecule has 0 N–H and O–H groups in total. The van der Waals surface area contributed by atoms with Gasteiger partial charge in [-0.1, -0.05) is 31.9 Å². The molecular formula is C17H26O. The van der Waals surface area contributed by atoms with E-state index in [1.54, 1.807) is 0 Å². The zero-order valence-corrected chi connectivity index (χ0v) is 11.7. The zero-order valence-electron chi connectivity index (χ0n) is 11.7. The molecule has 0 aromatic rings. The number of allylic oxidation sites excluding steroid dienone is 2. The van der Waals surface area contributed by atoms with E-state index in [2.05, 4.69) is 19.6 Å². The van der Waals surface area contributed by atoms with Crippen LogP contribution in [0, 0.1) is 23.7 Å². The van der Waals surface area contributed by atoms with Gasteiger partial charge in [-0.05, 0) is 50.0 Å². The van der Waals surface area contributed by atoms with E-state index in [1.807, 2.05) is 0 Å². The summed E-state index contributed by atoms with van der Waals surface area (Å²) in [6.45, 7) is 7.75. The Morgan fingerprint density at radius 2 is 1.94 bits per heavy atom. The van der Waals surface area contributed by atoms with Crippen LogP contribution in [0.2, 0.25) is 0 Å². The van der Waals surface area contributed by atoms with Gasteiger partial charge >= 0.3 is 0 Å². The highest BCUT2D eigenvalue weighted by molar-refractivity contribution is 5.23. The molecule has 1 heterocycles. The molecule has 0 aromatic carbocycles. The van der Waals surface area contributed by atoms with Crippen molar-refractivity contribution in [2.24, 2.45) is 23.7 Å². The zero-order chi connectivity index (χ0) is 12.5. The van der Waals surface area contributed by atoms with Gasteiger partial charge in [-0.15, -0.1) is 0 Å². The Kier molecular flexibility index (Phi) is 3.50. The van der Waals surface area contributed by atoms with Crippen LogP contribution < -0.4 is 0 Å². The van der Waals surface area contributed by atoms with Gasteiger partial charge in [0.15, 0.2) is 0 Å². The molecule has 2 unspecified atom stereocenters. The van der Waals surface area contributed by atoms with Crippen molar-refractivity contribution in [3.63, 3.8) is 0 Å². The lowest BCUT2D eigenvalue weighted by molar-refractivity contribution is 0.0695. The monoisotopic (exact) mass is 246 g/mol. The van der Waals surface area contributed by atoms with Gasteiger partial charge in [-0.2, -0.15) is 0 Å². The quantitative estimate of drug-likeness (QED) is 0.609. The first-order valence-electron chi connectivity index (χ1n) is 7.77. The van der Waals surface area contributed by atoms with E-state index in [0.29, 0.717) is 11.8 Å². The number of fused-ring (bicyclic) bond motifs is 1. The fourth-order valence-electron chi connectivity index (χ4n) is 4.06. The van der Waals surface area contributed by atoms with Crippen molar-refractivity contribution >= 4 is 0 Å². The van der Waals surface area contributed by atoms with E-state index in [4.69, 9.17) is 4.74 Å². The molecule has 0 bridgehead atoms. The molecule has 2 atom stereocenters. The van der Waals surface area contributed by atoms with E-state index in [-0.39, 0.29) is 0 Å². The maximum Gasteiger partial charge on any atom is 0.0991 e. The van der Waals surface area contributed by atoms with Crippen LogP contribution in [-0.4, -0.2) is 6.61 Å². The van der Waals surface area contributed by atoms with Crippen molar-refractivity contribution in [1.29, 1.82) is 0 Å². The van der Waals surface area contributed by atoms with Crippen LogP contribution in [0.4, 0.5) is 0 Å². The standard InChI is InChI=1S/C17H26O/c1-12-7-9-14(10-8-12)16-11-18-17-6-4-3-5-15(17)13(16)2/h6,12,14-16H,2-5,7-11H2,1H3. The SMILES string of the molecule is C=C1C2CCCC=C2OCC1C1CCC(C)CC1. The van der Waals surface area contributed by atoms with E-state index in [0.717, 1.165) is 18.4 Å². The van der Waals surface area contributed by atoms with Crippen LogP contribution in [0.15, 0.2) is 24.0 Å². The van der Waals surface area contributed by atoms with Crippen LogP contribution in [0.25, 0.3) is 0 Å². The highest BCUT2D eigenvalue weighted by Gasteiger charge is 2.37. The summed E-state index contributed by atoms with van der Waals surface area (Å²) in [5, 5.41) is 0. The van der Waals surface area contributed by atoms with Crippen molar-refractivity contribution in [2.75, 3.05) is 6.61 Å². The lowest BCUT2D eigenvalue weighted by Crippen LogP contribution is -2.34. The molecule has 2 fully saturated rings. The third-order valence-electron chi connectivity index (χ3n) is 5.37. The Labute approximate surface area is 111 Å². The summed E-state index contributed by atoms with van der Waals surface area (Å²) in [5.74, 6) is 4.21. The molecule has 3 rings (SSSR count). The second kappa shape index (κ2) is 5.11. The Bertz CT molecular complexity index is 347. The fourth-order valence-corrected chi connectivity index (χ4v) is 4.06. The maximum absolute atomic E-state index is 6.05. The lowest BCUT2D eigenvalue weighted by atomic mass is 9.69. The van der Waals surface area contributed by atoms with Crippen LogP contribution >= 0.6 is 0 Å². The predicted octanol–water partition coefficient (Wildman–Crippen LogP) is 4.70. The third-order valence-corrected chi connectivity index (χ3v) is 5.37. The first kappa shape index (κ1) is 12.3. The number of rotatable bonds is 1. The summed E-state index contributed by atoms with van der Waals surface area (Å²) < 4.78 is 6.05. The minimum Gasteiger partial charge on any atom is -0.497 e. The van der Waals surface area contributed by atoms with Crippen LogP contribution in [0.5, 0.6) is 0 Å². The molecule has 1 aliphatic heterocycles. The Morgan fingerprint density at radius 1 is 1.17 bits per heavy atom. The van der Waals surface area contributed by atoms with Crippen molar-refractivity contribution in [2.45, 2.75) is 51.9 Å². The molecule has 1 heteroatoms. The lowest BCUT2D eigenvalue weighted by Gasteiger charge is -2.41. The highest BCUT2D eigenvalue weighted by atomic mass is 16.5. The molecule has 3 aliphatic rings. The summed E-state index contributed by atoms with van der Waals surface area (Å²) in [6, 6.07) is 0. The molecule has 18 heavy (non-hydrogen) atoms. The van der Waals surface area contributed by atoms with E-state index in [1.165, 1.54) is 56.3 Å². The molecule has 0 spiro atoms. The first-order chi connectivity index (χ1) is 8.75. The summed E-state index contributed by atoms with van der Waals surface area (Å²) in [5.41, 5.74) is 1.49. The minimum absolute atomic E-state index is 0.553. The third kappa shape index (κ3) is 2.24. The molecule has 1 saturated carbocycles. The molecular weight excluding hydrogens is 220 g/mol. The Morgan fingerprint density at radius 3 is 2.72 bits per heavy atom. The van der Waals surface area contributed by atoms with E-state index < -0.39 is 0 Å². The molecule has 100 valence electrons. The minimum atomic E-state index is 0.553. The second-order valence-electron chi connectivity index (χ2n) is 6.60. The molecule has 1 saturated heterocycles. The molecule has 0 aromatic heterocycles. The first-order valence-corrected chi connectivity index (χ1v) is 7.77. The highest BCUT2D eigenvalue weighted by Crippen LogP contribution is 2.45. The predicted molar refractivity (Wildman–Crippen MR) is 75.1 cm³/mol. The van der Waals surface area contributed by atoms with Gasteiger partial charge in [0, 0.05) is 11.8 Å². The maximum atomic E-state index is 6.05. The van der Waals surface area contributed by atoms with Gasteiger partial charge < -0.3 is 4.74 Å². The Balaban J connectivity index is 1.69. The van der Waals surface area contributed by atoms with Gasteiger partial charge in [0.05, 0.1) is 12.4 Å². The van der Waals surface area contributed by atoms with Gasteiger partial charge in [0.25, 0.3) is 0 Å². The average Bonchev–Trinajstić information content (AvgIpc) is 2.41. The number of ether oxygens (including phenoxy) is 1. The van der Waals surface area contributed by atoms with Crippen molar-refractivity contribution in [3.05, 3.63) is 24.0 Å². The molecule has 0 amide bonds. The normalized spacial score (nSPS) is 40.7. The van der Waals surface area contributed by atoms with Crippen molar-refractivity contribution in [3.8, 4) is 0 Å². The van der Waals surface area contributed by atoms with Gasteiger partial charge in [0.1, 0.15) is 0 Å². The van der Waals surface area contributed by atoms with Crippen molar-refractivity contribution in [1.82, 2.24) is 0 Å². The van der Waals surface area contributed by atoms with Gasteiger partial charge in [0.2, 0.25) is 0 Å². The Hall–Kier alpha value is -0.720. The summed E-state index contributed by atoms with van der Waals surface area (Å²) in [7, 11) is 0. The second-order valence-corrected chi connectivity index (χ2v) is 6.60. The van der Waals surface area contributed by atoms with Crippen LogP contribution in [0.1, 0.15) is 51.9 Å². The summed E-state index contributed by atoms with van der Waals surface area (Å²) in [4.78, 5) is 0. The topological polar surface area (TPSA) is 9.23 Å². The molecule has 0 radical (unpaired) electrons. The van der Waals surface area contributed by atoms with Gasteiger partial charge in [-0.3, -0.25) is 0 Å². The van der Waals surface area contributed by atoms with Gasteiger partial charge in [-0.25, -0.2) is 0 Å². The van der Waals surface area contributed by atoms with Crippen LogP contribution in [-0.2, 0) is 4.74 Å². The molecule has 1 nitrogen and oxygen atoms in total. The number of hydrogen-bond donors (Lipinski definition) is 0. The van der Waals surface area contributed by atoms with E-state index >= 15 is 0 Å². The number of hydrogen-bond acceptors (Lipinski definition) is 1. The van der Waals surface area contributed by atoms with Crippen molar-refractivity contribution < 1.29 is 4.74 Å². The summed E-state index contributed by atoms with van der Waals surface area (Å²) >= 11 is 0. The van der Waals surface area contributed by atoms with E-state index in [9.17, 15) is 0 Å². The smallest absolute Gasteiger partial charge is 0.0991 e.